The molecule has 0 radical (unpaired) electrons. The number of nitrogens with zero attached hydrogens (tertiary/aromatic N) is 3. The quantitative estimate of drug-likeness (QED) is 0.793. The minimum absolute atomic E-state index is 0. The SMILES string of the molecule is Cc1ccc(-n2ncc(C(=O)NCCN3CCNCC3)c2C(C)C)cc1.Cl. The lowest BCUT2D eigenvalue weighted by Gasteiger charge is -2.27. The highest BCUT2D eigenvalue weighted by Gasteiger charge is 2.21. The lowest BCUT2D eigenvalue weighted by Crippen LogP contribution is -2.46. The molecular weight excluding hydrogens is 362 g/mol. The Morgan fingerprint density at radius 2 is 1.89 bits per heavy atom. The second kappa shape index (κ2) is 9.88. The van der Waals surface area contributed by atoms with Gasteiger partial charge in [-0.3, -0.25) is 9.69 Å². The lowest BCUT2D eigenvalue weighted by atomic mass is 10.0. The van der Waals surface area contributed by atoms with Crippen LogP contribution in [0.3, 0.4) is 0 Å². The number of nitrogens with one attached hydrogen (secondary N) is 2. The van der Waals surface area contributed by atoms with Crippen molar-refractivity contribution in [1.82, 2.24) is 25.3 Å². The van der Waals surface area contributed by atoms with E-state index in [-0.39, 0.29) is 24.2 Å². The van der Waals surface area contributed by atoms with Crippen molar-refractivity contribution in [1.29, 1.82) is 0 Å². The third-order valence-corrected chi connectivity index (χ3v) is 4.80. The van der Waals surface area contributed by atoms with Crippen molar-refractivity contribution in [3.05, 3.63) is 47.3 Å². The van der Waals surface area contributed by atoms with Gasteiger partial charge in [-0.2, -0.15) is 5.10 Å². The van der Waals surface area contributed by atoms with Crippen LogP contribution < -0.4 is 10.6 Å². The standard InChI is InChI=1S/C20H29N5O.ClH/c1-15(2)19-18(14-23-25(19)17-6-4-16(3)5-7-17)20(26)22-10-13-24-11-8-21-9-12-24;/h4-7,14-15,21H,8-13H2,1-3H3,(H,22,26);1H. The molecule has 0 unspecified atom stereocenters. The van der Waals surface area contributed by atoms with Gasteiger partial charge in [-0.05, 0) is 25.0 Å². The Morgan fingerprint density at radius 1 is 1.22 bits per heavy atom. The fraction of sp³-hybridized carbons (Fsp3) is 0.500. The van der Waals surface area contributed by atoms with Gasteiger partial charge in [-0.25, -0.2) is 4.68 Å². The maximum Gasteiger partial charge on any atom is 0.254 e. The van der Waals surface area contributed by atoms with Crippen molar-refractivity contribution < 1.29 is 4.79 Å². The van der Waals surface area contributed by atoms with Crippen LogP contribution in [0.5, 0.6) is 0 Å². The van der Waals surface area contributed by atoms with E-state index in [9.17, 15) is 4.79 Å². The number of aromatic nitrogens is 2. The molecule has 0 spiro atoms. The summed E-state index contributed by atoms with van der Waals surface area (Å²) in [7, 11) is 0. The number of piperazine rings is 1. The summed E-state index contributed by atoms with van der Waals surface area (Å²) in [6.07, 6.45) is 1.69. The predicted octanol–water partition coefficient (Wildman–Crippen LogP) is 2.36. The van der Waals surface area contributed by atoms with Crippen LogP contribution in [0.4, 0.5) is 0 Å². The van der Waals surface area contributed by atoms with E-state index >= 15 is 0 Å². The summed E-state index contributed by atoms with van der Waals surface area (Å²) in [6, 6.07) is 8.21. The molecule has 2 heterocycles. The van der Waals surface area contributed by atoms with Crippen LogP contribution >= 0.6 is 12.4 Å². The maximum atomic E-state index is 12.7. The van der Waals surface area contributed by atoms with Gasteiger partial charge < -0.3 is 10.6 Å². The van der Waals surface area contributed by atoms with E-state index in [1.165, 1.54) is 5.56 Å². The number of rotatable bonds is 6. The van der Waals surface area contributed by atoms with Crippen molar-refractivity contribution >= 4 is 18.3 Å². The highest BCUT2D eigenvalue weighted by molar-refractivity contribution is 5.95. The number of hydrogen-bond acceptors (Lipinski definition) is 4. The molecule has 7 heteroatoms. The minimum atomic E-state index is -0.0396. The summed E-state index contributed by atoms with van der Waals surface area (Å²) in [5.74, 6) is 0.162. The Balaban J connectivity index is 0.00000261. The molecule has 2 N–H and O–H groups in total. The van der Waals surface area contributed by atoms with Gasteiger partial charge in [-0.1, -0.05) is 31.5 Å². The highest BCUT2D eigenvalue weighted by Crippen LogP contribution is 2.23. The predicted molar refractivity (Wildman–Crippen MR) is 111 cm³/mol. The van der Waals surface area contributed by atoms with Crippen molar-refractivity contribution in [2.75, 3.05) is 39.3 Å². The molecule has 6 nitrogen and oxygen atoms in total. The van der Waals surface area contributed by atoms with E-state index in [4.69, 9.17) is 0 Å². The molecule has 1 amide bonds. The van der Waals surface area contributed by atoms with Crippen molar-refractivity contribution in [3.8, 4) is 5.69 Å². The van der Waals surface area contributed by atoms with E-state index in [2.05, 4.69) is 53.5 Å². The average molecular weight is 392 g/mol. The zero-order chi connectivity index (χ0) is 18.5. The molecule has 1 aromatic carbocycles. The van der Waals surface area contributed by atoms with Gasteiger partial charge in [-0.15, -0.1) is 12.4 Å². The van der Waals surface area contributed by atoms with Gasteiger partial charge in [0.15, 0.2) is 0 Å². The molecule has 0 saturated carbocycles. The van der Waals surface area contributed by atoms with E-state index in [1.54, 1.807) is 6.20 Å². The molecule has 1 aromatic heterocycles. The van der Waals surface area contributed by atoms with Crippen molar-refractivity contribution in [3.63, 3.8) is 0 Å². The topological polar surface area (TPSA) is 62.2 Å². The summed E-state index contributed by atoms with van der Waals surface area (Å²) in [5.41, 5.74) is 3.81. The zero-order valence-electron chi connectivity index (χ0n) is 16.4. The third kappa shape index (κ3) is 5.31. The summed E-state index contributed by atoms with van der Waals surface area (Å²) < 4.78 is 1.88. The van der Waals surface area contributed by atoms with Crippen LogP contribution in [0.25, 0.3) is 5.69 Å². The second-order valence-electron chi connectivity index (χ2n) is 7.19. The first-order valence-electron chi connectivity index (χ1n) is 9.42. The Bertz CT molecular complexity index is 735. The number of carbonyl (C=O) groups is 1. The Morgan fingerprint density at radius 3 is 2.52 bits per heavy atom. The van der Waals surface area contributed by atoms with Crippen LogP contribution in [0.15, 0.2) is 30.5 Å². The van der Waals surface area contributed by atoms with Crippen molar-refractivity contribution in [2.45, 2.75) is 26.7 Å². The fourth-order valence-corrected chi connectivity index (χ4v) is 3.34. The molecule has 1 aliphatic heterocycles. The zero-order valence-corrected chi connectivity index (χ0v) is 17.2. The van der Waals surface area contributed by atoms with E-state index < -0.39 is 0 Å². The smallest absolute Gasteiger partial charge is 0.254 e. The number of amides is 1. The van der Waals surface area contributed by atoms with Crippen LogP contribution in [0.1, 0.15) is 41.4 Å². The first kappa shape index (κ1) is 21.4. The molecule has 1 fully saturated rings. The Hall–Kier alpha value is -1.89. The van der Waals surface area contributed by atoms with Crippen LogP contribution in [-0.2, 0) is 0 Å². The van der Waals surface area contributed by atoms with Gasteiger partial charge in [0.2, 0.25) is 0 Å². The van der Waals surface area contributed by atoms with Crippen LogP contribution in [0.2, 0.25) is 0 Å². The van der Waals surface area contributed by atoms with Crippen molar-refractivity contribution in [2.24, 2.45) is 0 Å². The molecule has 3 rings (SSSR count). The molecular formula is C20H30ClN5O. The molecule has 2 aromatic rings. The summed E-state index contributed by atoms with van der Waals surface area (Å²) >= 11 is 0. The highest BCUT2D eigenvalue weighted by atomic mass is 35.5. The average Bonchev–Trinajstić information content (AvgIpc) is 3.08. The first-order valence-corrected chi connectivity index (χ1v) is 9.42. The first-order chi connectivity index (χ1) is 12.6. The van der Waals surface area contributed by atoms with E-state index in [0.29, 0.717) is 12.1 Å². The molecule has 148 valence electrons. The van der Waals surface area contributed by atoms with Gasteiger partial charge in [0.1, 0.15) is 0 Å². The molecule has 0 bridgehead atoms. The summed E-state index contributed by atoms with van der Waals surface area (Å²) in [5, 5.41) is 10.9. The lowest BCUT2D eigenvalue weighted by molar-refractivity contribution is 0.0946. The molecule has 1 aliphatic rings. The second-order valence-corrected chi connectivity index (χ2v) is 7.19. The van der Waals surface area contributed by atoms with Gasteiger partial charge in [0.05, 0.1) is 23.1 Å². The number of hydrogen-bond donors (Lipinski definition) is 2. The summed E-state index contributed by atoms with van der Waals surface area (Å²) in [4.78, 5) is 15.1. The normalized spacial score (nSPS) is 14.8. The maximum absolute atomic E-state index is 12.7. The summed E-state index contributed by atoms with van der Waals surface area (Å²) in [6.45, 7) is 11.9. The fourth-order valence-electron chi connectivity index (χ4n) is 3.34. The third-order valence-electron chi connectivity index (χ3n) is 4.80. The number of carbonyl (C=O) groups excluding carboxylic acids is 1. The Kier molecular flexibility index (Phi) is 7.83. The largest absolute Gasteiger partial charge is 0.351 e. The van der Waals surface area contributed by atoms with Gasteiger partial charge >= 0.3 is 0 Å². The van der Waals surface area contributed by atoms with Gasteiger partial charge in [0, 0.05) is 39.3 Å². The van der Waals surface area contributed by atoms with E-state index in [1.807, 2.05) is 16.8 Å². The molecule has 27 heavy (non-hydrogen) atoms. The molecule has 0 aliphatic carbocycles. The van der Waals surface area contributed by atoms with Gasteiger partial charge in [0.25, 0.3) is 5.91 Å². The molecule has 1 saturated heterocycles. The monoisotopic (exact) mass is 391 g/mol. The van der Waals surface area contributed by atoms with E-state index in [0.717, 1.165) is 44.1 Å². The number of halogens is 1. The van der Waals surface area contributed by atoms with Crippen LogP contribution in [0, 0.1) is 6.92 Å². The number of aryl methyl sites for hydroxylation is 1. The number of benzene rings is 1. The minimum Gasteiger partial charge on any atom is -0.351 e. The Labute approximate surface area is 167 Å². The van der Waals surface area contributed by atoms with Crippen LogP contribution in [-0.4, -0.2) is 59.9 Å². The molecule has 0 atom stereocenters.